The standard InChI is InChI=1S/C11H15N7S/c1-6(2)8-9(12)13-5-14-10(8)19-11-15-16-17-18(11)7-3-4-7/h5-7H,3-4H2,1-2H3,(H2,12,13,14). The molecule has 0 bridgehead atoms. The third-order valence-electron chi connectivity index (χ3n) is 3.00. The van der Waals surface area contributed by atoms with Crippen LogP contribution in [0.5, 0.6) is 0 Å². The Bertz CT molecular complexity index is 590. The Kier molecular flexibility index (Phi) is 3.09. The lowest BCUT2D eigenvalue weighted by molar-refractivity contribution is 0.565. The fourth-order valence-corrected chi connectivity index (χ4v) is 2.98. The summed E-state index contributed by atoms with van der Waals surface area (Å²) in [7, 11) is 0. The highest BCUT2D eigenvalue weighted by Crippen LogP contribution is 2.39. The van der Waals surface area contributed by atoms with Crippen LogP contribution in [0.1, 0.15) is 44.2 Å². The predicted molar refractivity (Wildman–Crippen MR) is 70.7 cm³/mol. The van der Waals surface area contributed by atoms with Gasteiger partial charge in [-0.05, 0) is 40.9 Å². The Morgan fingerprint density at radius 2 is 2.16 bits per heavy atom. The van der Waals surface area contributed by atoms with Crippen LogP contribution in [-0.4, -0.2) is 30.2 Å². The van der Waals surface area contributed by atoms with Crippen LogP contribution in [0.2, 0.25) is 0 Å². The van der Waals surface area contributed by atoms with E-state index in [-0.39, 0.29) is 5.92 Å². The van der Waals surface area contributed by atoms with Gasteiger partial charge in [0.05, 0.1) is 6.04 Å². The van der Waals surface area contributed by atoms with Gasteiger partial charge >= 0.3 is 0 Å². The number of hydrogen-bond acceptors (Lipinski definition) is 7. The summed E-state index contributed by atoms with van der Waals surface area (Å²) >= 11 is 1.45. The minimum absolute atomic E-state index is 0.258. The highest BCUT2D eigenvalue weighted by Gasteiger charge is 2.28. The van der Waals surface area contributed by atoms with Gasteiger partial charge < -0.3 is 5.73 Å². The maximum atomic E-state index is 5.94. The largest absolute Gasteiger partial charge is 0.383 e. The SMILES string of the molecule is CC(C)c1c(N)ncnc1Sc1nnnn1C1CC1. The molecule has 1 saturated carbocycles. The van der Waals surface area contributed by atoms with Crippen molar-refractivity contribution >= 4 is 17.6 Å². The lowest BCUT2D eigenvalue weighted by atomic mass is 10.1. The van der Waals surface area contributed by atoms with Crippen LogP contribution < -0.4 is 5.73 Å². The zero-order chi connectivity index (χ0) is 13.4. The Hall–Kier alpha value is -1.70. The van der Waals surface area contributed by atoms with Gasteiger partial charge in [-0.1, -0.05) is 13.8 Å². The minimum Gasteiger partial charge on any atom is -0.383 e. The molecule has 0 spiro atoms. The van der Waals surface area contributed by atoms with Gasteiger partial charge in [-0.25, -0.2) is 14.6 Å². The number of rotatable bonds is 4. The molecule has 2 N–H and O–H groups in total. The van der Waals surface area contributed by atoms with Gasteiger partial charge in [-0.15, -0.1) is 5.10 Å². The lowest BCUT2D eigenvalue weighted by Gasteiger charge is -2.12. The maximum absolute atomic E-state index is 5.94. The molecule has 0 saturated heterocycles. The van der Waals surface area contributed by atoms with Crippen molar-refractivity contribution in [2.75, 3.05) is 5.73 Å². The normalized spacial score (nSPS) is 15.1. The van der Waals surface area contributed by atoms with Gasteiger partial charge in [0.2, 0.25) is 5.16 Å². The molecule has 0 aliphatic heterocycles. The van der Waals surface area contributed by atoms with Crippen LogP contribution in [-0.2, 0) is 0 Å². The first-order valence-electron chi connectivity index (χ1n) is 6.23. The van der Waals surface area contributed by atoms with E-state index in [4.69, 9.17) is 5.73 Å². The quantitative estimate of drug-likeness (QED) is 0.849. The molecule has 7 nitrogen and oxygen atoms in total. The van der Waals surface area contributed by atoms with Crippen LogP contribution in [0, 0.1) is 0 Å². The predicted octanol–water partition coefficient (Wildman–Crippen LogP) is 1.65. The summed E-state index contributed by atoms with van der Waals surface area (Å²) in [6.45, 7) is 4.14. The Balaban J connectivity index is 1.94. The summed E-state index contributed by atoms with van der Waals surface area (Å²) in [4.78, 5) is 8.37. The Labute approximate surface area is 115 Å². The molecule has 0 amide bonds. The molecule has 3 rings (SSSR count). The molecule has 1 fully saturated rings. The third kappa shape index (κ3) is 2.40. The van der Waals surface area contributed by atoms with Crippen LogP contribution in [0.4, 0.5) is 5.82 Å². The molecule has 100 valence electrons. The number of tetrazole rings is 1. The van der Waals surface area contributed by atoms with E-state index >= 15 is 0 Å². The van der Waals surface area contributed by atoms with Crippen molar-refractivity contribution in [3.8, 4) is 0 Å². The van der Waals surface area contributed by atoms with Crippen molar-refractivity contribution in [2.24, 2.45) is 0 Å². The number of anilines is 1. The average Bonchev–Trinajstić information content (AvgIpc) is 3.10. The summed E-state index contributed by atoms with van der Waals surface area (Å²) in [5, 5.41) is 13.4. The summed E-state index contributed by atoms with van der Waals surface area (Å²) in [6, 6.07) is 0.444. The second kappa shape index (κ2) is 4.76. The summed E-state index contributed by atoms with van der Waals surface area (Å²) < 4.78 is 1.87. The Morgan fingerprint density at radius 1 is 1.37 bits per heavy atom. The molecule has 2 heterocycles. The number of hydrogen-bond donors (Lipinski definition) is 1. The van der Waals surface area contributed by atoms with Gasteiger partial charge in [-0.2, -0.15) is 0 Å². The molecule has 0 unspecified atom stereocenters. The molecule has 0 atom stereocenters. The molecule has 8 heteroatoms. The van der Waals surface area contributed by atoms with Gasteiger partial charge in [0.15, 0.2) is 0 Å². The monoisotopic (exact) mass is 277 g/mol. The van der Waals surface area contributed by atoms with Gasteiger partial charge in [0.25, 0.3) is 0 Å². The van der Waals surface area contributed by atoms with Crippen molar-refractivity contribution in [2.45, 2.75) is 48.8 Å². The minimum atomic E-state index is 0.258. The topological polar surface area (TPSA) is 95.4 Å². The molecule has 0 aromatic carbocycles. The number of nitrogens with zero attached hydrogens (tertiary/aromatic N) is 6. The molecule has 1 aliphatic carbocycles. The zero-order valence-corrected chi connectivity index (χ0v) is 11.6. The van der Waals surface area contributed by atoms with Crippen LogP contribution in [0.25, 0.3) is 0 Å². The van der Waals surface area contributed by atoms with E-state index in [1.807, 2.05) is 4.68 Å². The number of nitrogens with two attached hydrogens (primary N) is 1. The molecular weight excluding hydrogens is 262 g/mol. The van der Waals surface area contributed by atoms with Crippen molar-refractivity contribution in [3.05, 3.63) is 11.9 Å². The fourth-order valence-electron chi connectivity index (χ4n) is 1.90. The van der Waals surface area contributed by atoms with Crippen LogP contribution >= 0.6 is 11.8 Å². The first kappa shape index (κ1) is 12.3. The van der Waals surface area contributed by atoms with E-state index < -0.39 is 0 Å². The molecular formula is C11H15N7S. The first-order chi connectivity index (χ1) is 9.16. The number of nitrogen functional groups attached to an aromatic ring is 1. The molecule has 2 aromatic heterocycles. The molecule has 2 aromatic rings. The van der Waals surface area contributed by atoms with E-state index in [1.54, 1.807) is 0 Å². The average molecular weight is 277 g/mol. The fraction of sp³-hybridized carbons (Fsp3) is 0.545. The zero-order valence-electron chi connectivity index (χ0n) is 10.8. The number of aromatic nitrogens is 6. The van der Waals surface area contributed by atoms with E-state index in [1.165, 1.54) is 18.1 Å². The first-order valence-corrected chi connectivity index (χ1v) is 7.04. The van der Waals surface area contributed by atoms with Crippen LogP contribution in [0.15, 0.2) is 16.5 Å². The second-order valence-corrected chi connectivity index (χ2v) is 5.83. The van der Waals surface area contributed by atoms with E-state index in [2.05, 4.69) is 39.3 Å². The van der Waals surface area contributed by atoms with Crippen molar-refractivity contribution in [1.82, 2.24) is 30.2 Å². The van der Waals surface area contributed by atoms with Gasteiger partial charge in [0.1, 0.15) is 17.2 Å². The summed E-state index contributed by atoms with van der Waals surface area (Å²) in [5.41, 5.74) is 6.89. The second-order valence-electron chi connectivity index (χ2n) is 4.87. The third-order valence-corrected chi connectivity index (χ3v) is 3.97. The summed E-state index contributed by atoms with van der Waals surface area (Å²) in [5.74, 6) is 0.784. The van der Waals surface area contributed by atoms with Crippen molar-refractivity contribution < 1.29 is 0 Å². The van der Waals surface area contributed by atoms with Gasteiger partial charge in [-0.3, -0.25) is 0 Å². The van der Waals surface area contributed by atoms with Crippen LogP contribution in [0.3, 0.4) is 0 Å². The van der Waals surface area contributed by atoms with Gasteiger partial charge in [0, 0.05) is 5.56 Å². The summed E-state index contributed by atoms with van der Waals surface area (Å²) in [6.07, 6.45) is 3.76. The van der Waals surface area contributed by atoms with E-state index in [9.17, 15) is 0 Å². The molecule has 0 radical (unpaired) electrons. The lowest BCUT2D eigenvalue weighted by Crippen LogP contribution is -2.05. The Morgan fingerprint density at radius 3 is 2.84 bits per heavy atom. The highest BCUT2D eigenvalue weighted by atomic mass is 32.2. The molecule has 1 aliphatic rings. The van der Waals surface area contributed by atoms with E-state index in [0.29, 0.717) is 11.9 Å². The maximum Gasteiger partial charge on any atom is 0.215 e. The highest BCUT2D eigenvalue weighted by molar-refractivity contribution is 7.99. The smallest absolute Gasteiger partial charge is 0.215 e. The van der Waals surface area contributed by atoms with E-state index in [0.717, 1.165) is 28.6 Å². The van der Waals surface area contributed by atoms with Crippen molar-refractivity contribution in [3.63, 3.8) is 0 Å². The van der Waals surface area contributed by atoms with Crippen molar-refractivity contribution in [1.29, 1.82) is 0 Å². The molecule has 19 heavy (non-hydrogen) atoms.